The van der Waals surface area contributed by atoms with E-state index in [-0.39, 0.29) is 11.7 Å². The third kappa shape index (κ3) is 1.48. The van der Waals surface area contributed by atoms with Crippen molar-refractivity contribution in [1.29, 1.82) is 0 Å². The van der Waals surface area contributed by atoms with E-state index in [1.54, 1.807) is 18.0 Å². The van der Waals surface area contributed by atoms with Crippen LogP contribution in [0.5, 0.6) is 5.75 Å². The number of aliphatic imine (C=N–C) groups is 1. The molecule has 0 fully saturated rings. The lowest BCUT2D eigenvalue weighted by Gasteiger charge is -2.29. The van der Waals surface area contributed by atoms with Crippen molar-refractivity contribution < 1.29 is 9.90 Å². The average molecular weight is 268 g/mol. The molecule has 4 heteroatoms. The highest BCUT2D eigenvalue weighted by Crippen LogP contribution is 2.37. The summed E-state index contributed by atoms with van der Waals surface area (Å²) in [7, 11) is 1.68. The fraction of sp³-hybridized carbons (Fsp3) is 0.250. The summed E-state index contributed by atoms with van der Waals surface area (Å²) in [5.74, 6) is 0.845. The van der Waals surface area contributed by atoms with E-state index in [0.717, 1.165) is 10.9 Å². The molecule has 0 saturated carbocycles. The van der Waals surface area contributed by atoms with Gasteiger partial charge in [0.05, 0.1) is 0 Å². The first-order valence-corrected chi connectivity index (χ1v) is 6.64. The highest BCUT2D eigenvalue weighted by molar-refractivity contribution is 6.27. The molecular weight excluding hydrogens is 252 g/mol. The molecular formula is C16H16N2O2. The molecule has 2 aromatic rings. The number of amides is 1. The summed E-state index contributed by atoms with van der Waals surface area (Å²) in [5.41, 5.74) is 2.25. The summed E-state index contributed by atoms with van der Waals surface area (Å²) >= 11 is 0. The quantitative estimate of drug-likeness (QED) is 0.864. The largest absolute Gasteiger partial charge is 0.507 e. The highest BCUT2D eigenvalue weighted by Gasteiger charge is 2.31. The maximum absolute atomic E-state index is 12.6. The number of hydrogen-bond acceptors (Lipinski definition) is 3. The summed E-state index contributed by atoms with van der Waals surface area (Å²) in [4.78, 5) is 18.6. The van der Waals surface area contributed by atoms with Gasteiger partial charge in [0.2, 0.25) is 0 Å². The van der Waals surface area contributed by atoms with Crippen LogP contribution in [-0.2, 0) is 0 Å². The number of carbonyl (C=O) groups excluding carboxylic acids is 1. The van der Waals surface area contributed by atoms with Crippen LogP contribution in [0, 0.1) is 6.92 Å². The number of aromatic hydroxyl groups is 1. The van der Waals surface area contributed by atoms with Crippen LogP contribution >= 0.6 is 0 Å². The first-order chi connectivity index (χ1) is 9.60. The SMILES string of the molecule is CCN1C(=O)c2cc(C)c(O)c3cccc(c23)C1=NC. The van der Waals surface area contributed by atoms with Gasteiger partial charge in [-0.1, -0.05) is 18.2 Å². The van der Waals surface area contributed by atoms with Gasteiger partial charge < -0.3 is 5.11 Å². The number of aryl methyl sites for hydroxylation is 1. The van der Waals surface area contributed by atoms with Gasteiger partial charge in [-0.3, -0.25) is 14.7 Å². The Hall–Kier alpha value is -2.36. The molecule has 1 amide bonds. The van der Waals surface area contributed by atoms with Gasteiger partial charge >= 0.3 is 0 Å². The van der Waals surface area contributed by atoms with Gasteiger partial charge in [0, 0.05) is 35.5 Å². The van der Waals surface area contributed by atoms with Crippen LogP contribution in [0.1, 0.15) is 28.4 Å². The summed E-state index contributed by atoms with van der Waals surface area (Å²) in [6.45, 7) is 4.31. The predicted octanol–water partition coefficient (Wildman–Crippen LogP) is 2.71. The monoisotopic (exact) mass is 268 g/mol. The molecule has 0 atom stereocenters. The molecule has 0 spiro atoms. The minimum atomic E-state index is -0.0556. The minimum absolute atomic E-state index is 0.0556. The number of amidine groups is 1. The number of nitrogens with zero attached hydrogens (tertiary/aromatic N) is 2. The second-order valence-electron chi connectivity index (χ2n) is 4.91. The maximum Gasteiger partial charge on any atom is 0.260 e. The Morgan fingerprint density at radius 2 is 2.05 bits per heavy atom. The van der Waals surface area contributed by atoms with Crippen LogP contribution in [0.3, 0.4) is 0 Å². The van der Waals surface area contributed by atoms with Crippen LogP contribution in [0.4, 0.5) is 0 Å². The minimum Gasteiger partial charge on any atom is -0.507 e. The number of phenolic OH excluding ortho intramolecular Hbond substituents is 1. The molecule has 0 saturated heterocycles. The second-order valence-corrected chi connectivity index (χ2v) is 4.91. The summed E-state index contributed by atoms with van der Waals surface area (Å²) in [6, 6.07) is 7.43. The van der Waals surface area contributed by atoms with E-state index in [9.17, 15) is 9.90 Å². The number of carbonyl (C=O) groups is 1. The van der Waals surface area contributed by atoms with E-state index in [1.165, 1.54) is 0 Å². The van der Waals surface area contributed by atoms with Crippen molar-refractivity contribution in [3.8, 4) is 5.75 Å². The van der Waals surface area contributed by atoms with Gasteiger partial charge in [-0.05, 0) is 25.5 Å². The van der Waals surface area contributed by atoms with Crippen molar-refractivity contribution in [2.45, 2.75) is 13.8 Å². The lowest BCUT2D eigenvalue weighted by molar-refractivity contribution is 0.0852. The van der Waals surface area contributed by atoms with E-state index in [4.69, 9.17) is 0 Å². The second kappa shape index (κ2) is 4.34. The highest BCUT2D eigenvalue weighted by atomic mass is 16.3. The fourth-order valence-electron chi connectivity index (χ4n) is 2.89. The molecule has 1 aliphatic heterocycles. The topological polar surface area (TPSA) is 52.9 Å². The van der Waals surface area contributed by atoms with E-state index in [1.807, 2.05) is 32.0 Å². The first kappa shape index (κ1) is 12.7. The zero-order valence-electron chi connectivity index (χ0n) is 11.8. The van der Waals surface area contributed by atoms with Crippen LogP contribution in [0.2, 0.25) is 0 Å². The molecule has 0 aliphatic carbocycles. The summed E-state index contributed by atoms with van der Waals surface area (Å²) in [6.07, 6.45) is 0. The molecule has 1 N–H and O–H groups in total. The van der Waals surface area contributed by atoms with Crippen LogP contribution in [0.25, 0.3) is 10.8 Å². The molecule has 0 aromatic heterocycles. The number of benzene rings is 2. The molecule has 4 nitrogen and oxygen atoms in total. The Morgan fingerprint density at radius 3 is 2.70 bits per heavy atom. The average Bonchev–Trinajstić information content (AvgIpc) is 2.46. The molecule has 102 valence electrons. The van der Waals surface area contributed by atoms with Gasteiger partial charge in [0.15, 0.2) is 0 Å². The smallest absolute Gasteiger partial charge is 0.260 e. The van der Waals surface area contributed by atoms with Crippen LogP contribution in [0.15, 0.2) is 29.3 Å². The van der Waals surface area contributed by atoms with Gasteiger partial charge in [0.1, 0.15) is 11.6 Å². The summed E-state index contributed by atoms with van der Waals surface area (Å²) in [5, 5.41) is 11.7. The third-order valence-corrected chi connectivity index (χ3v) is 3.82. The molecule has 0 bridgehead atoms. The van der Waals surface area contributed by atoms with Crippen LogP contribution in [-0.4, -0.2) is 35.3 Å². The Balaban J connectivity index is 2.50. The fourth-order valence-corrected chi connectivity index (χ4v) is 2.89. The molecule has 1 aliphatic rings. The first-order valence-electron chi connectivity index (χ1n) is 6.64. The van der Waals surface area contributed by atoms with Crippen molar-refractivity contribution in [3.63, 3.8) is 0 Å². The van der Waals surface area contributed by atoms with E-state index in [2.05, 4.69) is 4.99 Å². The van der Waals surface area contributed by atoms with E-state index < -0.39 is 0 Å². The molecule has 3 rings (SSSR count). The Bertz CT molecular complexity index is 763. The Morgan fingerprint density at radius 1 is 1.30 bits per heavy atom. The van der Waals surface area contributed by atoms with Gasteiger partial charge in [-0.2, -0.15) is 0 Å². The third-order valence-electron chi connectivity index (χ3n) is 3.82. The van der Waals surface area contributed by atoms with E-state index in [0.29, 0.717) is 28.9 Å². The van der Waals surface area contributed by atoms with Gasteiger partial charge in [-0.25, -0.2) is 0 Å². The zero-order chi connectivity index (χ0) is 14.4. The standard InChI is InChI=1S/C16H16N2O2/c1-4-18-15(17-3)11-7-5-6-10-13(11)12(16(18)20)8-9(2)14(10)19/h5-8,19H,4H2,1-3H3. The molecule has 0 radical (unpaired) electrons. The number of hydrogen-bond donors (Lipinski definition) is 1. The molecule has 1 heterocycles. The van der Waals surface area contributed by atoms with Crippen molar-refractivity contribution in [3.05, 3.63) is 41.0 Å². The van der Waals surface area contributed by atoms with E-state index >= 15 is 0 Å². The van der Waals surface area contributed by atoms with Crippen molar-refractivity contribution in [2.24, 2.45) is 4.99 Å². The lowest BCUT2D eigenvalue weighted by atomic mass is 9.91. The van der Waals surface area contributed by atoms with Crippen molar-refractivity contribution in [2.75, 3.05) is 13.6 Å². The number of phenols is 1. The predicted molar refractivity (Wildman–Crippen MR) is 79.5 cm³/mol. The Labute approximate surface area is 117 Å². The normalized spacial score (nSPS) is 16.2. The maximum atomic E-state index is 12.6. The zero-order valence-corrected chi connectivity index (χ0v) is 11.8. The van der Waals surface area contributed by atoms with Gasteiger partial charge in [0.25, 0.3) is 5.91 Å². The van der Waals surface area contributed by atoms with Crippen molar-refractivity contribution in [1.82, 2.24) is 4.90 Å². The number of rotatable bonds is 1. The molecule has 2 aromatic carbocycles. The Kier molecular flexibility index (Phi) is 2.74. The molecule has 20 heavy (non-hydrogen) atoms. The van der Waals surface area contributed by atoms with Crippen molar-refractivity contribution >= 4 is 22.5 Å². The summed E-state index contributed by atoms with van der Waals surface area (Å²) < 4.78 is 0. The van der Waals surface area contributed by atoms with Crippen LogP contribution < -0.4 is 0 Å². The lowest BCUT2D eigenvalue weighted by Crippen LogP contribution is -2.40. The van der Waals surface area contributed by atoms with Gasteiger partial charge in [-0.15, -0.1) is 0 Å². The molecule has 0 unspecified atom stereocenters.